The molecule has 174 valence electrons. The van der Waals surface area contributed by atoms with Crippen LogP contribution in [0.5, 0.6) is 0 Å². The zero-order valence-corrected chi connectivity index (χ0v) is 19.3. The smallest absolute Gasteiger partial charge is 0.341 e. The number of benzene rings is 2. The molecule has 1 heterocycles. The van der Waals surface area contributed by atoms with Gasteiger partial charge in [-0.15, -0.1) is 0 Å². The van der Waals surface area contributed by atoms with E-state index in [0.29, 0.717) is 24.7 Å². The van der Waals surface area contributed by atoms with Gasteiger partial charge in [0, 0.05) is 17.9 Å². The number of anilines is 1. The van der Waals surface area contributed by atoms with Crippen molar-refractivity contribution in [2.24, 2.45) is 16.8 Å². The second-order valence-corrected chi connectivity index (χ2v) is 8.96. The van der Waals surface area contributed by atoms with Crippen molar-refractivity contribution in [3.63, 3.8) is 0 Å². The summed E-state index contributed by atoms with van der Waals surface area (Å²) in [5, 5.41) is 6.30. The van der Waals surface area contributed by atoms with Crippen molar-refractivity contribution >= 4 is 23.4 Å². The van der Waals surface area contributed by atoms with E-state index in [9.17, 15) is 9.59 Å². The van der Waals surface area contributed by atoms with Crippen LogP contribution in [0.25, 0.3) is 0 Å². The number of nitrogens with zero attached hydrogens (tertiary/aromatic N) is 1. The average Bonchev–Trinajstić information content (AvgIpc) is 2.87. The van der Waals surface area contributed by atoms with Gasteiger partial charge in [-0.1, -0.05) is 68.7 Å². The molecule has 33 heavy (non-hydrogen) atoms. The first-order valence-corrected chi connectivity index (χ1v) is 12.1. The summed E-state index contributed by atoms with van der Waals surface area (Å²) >= 11 is 0. The molecule has 1 aliphatic heterocycles. The van der Waals surface area contributed by atoms with E-state index in [0.717, 1.165) is 30.6 Å². The average molecular weight is 448 g/mol. The molecule has 0 aromatic heterocycles. The molecule has 6 nitrogen and oxygen atoms in total. The van der Waals surface area contributed by atoms with Gasteiger partial charge in [0.15, 0.2) is 0 Å². The van der Waals surface area contributed by atoms with Crippen LogP contribution < -0.4 is 10.6 Å². The molecule has 6 heteroatoms. The van der Waals surface area contributed by atoms with Crippen LogP contribution >= 0.6 is 0 Å². The molecule has 0 bridgehead atoms. The predicted octanol–water partition coefficient (Wildman–Crippen LogP) is 5.65. The lowest BCUT2D eigenvalue weighted by Crippen LogP contribution is -2.45. The summed E-state index contributed by atoms with van der Waals surface area (Å²) in [7, 11) is 0. The number of nitrogens with one attached hydrogen (secondary N) is 2. The number of hydrogen-bond donors (Lipinski definition) is 2. The van der Waals surface area contributed by atoms with Gasteiger partial charge in [0.2, 0.25) is 0 Å². The van der Waals surface area contributed by atoms with E-state index in [1.807, 2.05) is 49.4 Å². The number of ether oxygens (including phenoxy) is 1. The molecule has 2 atom stereocenters. The lowest BCUT2D eigenvalue weighted by atomic mass is 9.86. The third-order valence-electron chi connectivity index (χ3n) is 6.63. The molecule has 2 N–H and O–H groups in total. The van der Waals surface area contributed by atoms with Gasteiger partial charge in [0.1, 0.15) is 5.92 Å². The van der Waals surface area contributed by atoms with Crippen LogP contribution in [0.15, 0.2) is 59.6 Å². The van der Waals surface area contributed by atoms with E-state index < -0.39 is 18.0 Å². The predicted molar refractivity (Wildman–Crippen MR) is 130 cm³/mol. The SMILES string of the molecule is CCC1=NC(=O)NC(c2ccc(NCc3ccccc3)cc2)C1C(=O)OCC1CCCCC1. The van der Waals surface area contributed by atoms with E-state index in [1.165, 1.54) is 24.8 Å². The Morgan fingerprint density at radius 2 is 1.79 bits per heavy atom. The van der Waals surface area contributed by atoms with E-state index >= 15 is 0 Å². The summed E-state index contributed by atoms with van der Waals surface area (Å²) in [6, 6.07) is 17.2. The van der Waals surface area contributed by atoms with E-state index in [-0.39, 0.29) is 5.97 Å². The van der Waals surface area contributed by atoms with Crippen LogP contribution in [0.2, 0.25) is 0 Å². The number of esters is 1. The van der Waals surface area contributed by atoms with Crippen LogP contribution in [-0.4, -0.2) is 24.3 Å². The molecule has 2 aliphatic rings. The Morgan fingerprint density at radius 3 is 2.48 bits per heavy atom. The molecule has 2 aromatic carbocycles. The maximum atomic E-state index is 13.2. The Hall–Kier alpha value is -3.15. The van der Waals surface area contributed by atoms with Gasteiger partial charge >= 0.3 is 12.0 Å². The van der Waals surface area contributed by atoms with Crippen molar-refractivity contribution in [2.75, 3.05) is 11.9 Å². The molecule has 0 saturated heterocycles. The normalized spacial score (nSPS) is 21.1. The largest absolute Gasteiger partial charge is 0.465 e. The van der Waals surface area contributed by atoms with Gasteiger partial charge in [-0.3, -0.25) is 4.79 Å². The summed E-state index contributed by atoms with van der Waals surface area (Å²) in [5.41, 5.74) is 3.63. The lowest BCUT2D eigenvalue weighted by Gasteiger charge is -2.31. The fraction of sp³-hybridized carbons (Fsp3) is 0.444. The topological polar surface area (TPSA) is 79.8 Å². The summed E-state index contributed by atoms with van der Waals surface area (Å²) in [5.74, 6) is -0.451. The molecule has 1 aliphatic carbocycles. The van der Waals surface area contributed by atoms with Crippen molar-refractivity contribution in [1.29, 1.82) is 0 Å². The third kappa shape index (κ3) is 6.01. The summed E-state index contributed by atoms with van der Waals surface area (Å²) in [6.45, 7) is 3.10. The van der Waals surface area contributed by atoms with Crippen LogP contribution in [0.3, 0.4) is 0 Å². The van der Waals surface area contributed by atoms with Crippen molar-refractivity contribution in [3.05, 3.63) is 65.7 Å². The van der Waals surface area contributed by atoms with Crippen LogP contribution in [0.1, 0.15) is 62.6 Å². The first-order chi connectivity index (χ1) is 16.1. The summed E-state index contributed by atoms with van der Waals surface area (Å²) in [4.78, 5) is 29.5. The van der Waals surface area contributed by atoms with Gasteiger partial charge in [-0.25, -0.2) is 9.79 Å². The molecule has 1 fully saturated rings. The molecule has 4 rings (SSSR count). The first kappa shape index (κ1) is 23.0. The summed E-state index contributed by atoms with van der Waals surface area (Å²) in [6.07, 6.45) is 6.44. The van der Waals surface area contributed by atoms with E-state index in [1.54, 1.807) is 0 Å². The second-order valence-electron chi connectivity index (χ2n) is 8.96. The Balaban J connectivity index is 1.45. The van der Waals surface area contributed by atoms with Gasteiger partial charge < -0.3 is 15.4 Å². The van der Waals surface area contributed by atoms with Gasteiger partial charge in [-0.2, -0.15) is 0 Å². The highest BCUT2D eigenvalue weighted by Gasteiger charge is 2.39. The number of urea groups is 1. The van der Waals surface area contributed by atoms with Crippen molar-refractivity contribution in [2.45, 2.75) is 58.0 Å². The second kappa shape index (κ2) is 11.1. The van der Waals surface area contributed by atoms with E-state index in [4.69, 9.17) is 4.74 Å². The molecular weight excluding hydrogens is 414 g/mol. The first-order valence-electron chi connectivity index (χ1n) is 12.1. The van der Waals surface area contributed by atoms with Crippen molar-refractivity contribution in [3.8, 4) is 0 Å². The molecule has 0 spiro atoms. The number of carbonyl (C=O) groups excluding carboxylic acids is 2. The molecule has 0 radical (unpaired) electrons. The monoisotopic (exact) mass is 447 g/mol. The fourth-order valence-corrected chi connectivity index (χ4v) is 4.74. The molecule has 2 amide bonds. The molecule has 1 saturated carbocycles. The van der Waals surface area contributed by atoms with Crippen molar-refractivity contribution < 1.29 is 14.3 Å². The van der Waals surface area contributed by atoms with Gasteiger partial charge in [0.05, 0.1) is 12.6 Å². The van der Waals surface area contributed by atoms with Gasteiger partial charge in [-0.05, 0) is 48.4 Å². The van der Waals surface area contributed by atoms with E-state index in [2.05, 4.69) is 27.8 Å². The molecule has 2 aromatic rings. The highest BCUT2D eigenvalue weighted by Crippen LogP contribution is 2.31. The summed E-state index contributed by atoms with van der Waals surface area (Å²) < 4.78 is 5.77. The zero-order chi connectivity index (χ0) is 23.0. The van der Waals surface area contributed by atoms with Crippen LogP contribution in [0, 0.1) is 11.8 Å². The van der Waals surface area contributed by atoms with Crippen LogP contribution in [-0.2, 0) is 16.1 Å². The maximum Gasteiger partial charge on any atom is 0.341 e. The zero-order valence-electron chi connectivity index (χ0n) is 19.3. The molecular formula is C27H33N3O3. The minimum atomic E-state index is -0.598. The minimum absolute atomic E-state index is 0.294. The third-order valence-corrected chi connectivity index (χ3v) is 6.63. The Morgan fingerprint density at radius 1 is 1.06 bits per heavy atom. The number of rotatable bonds is 8. The number of aliphatic imine (C=N–C) groups is 1. The Kier molecular flexibility index (Phi) is 7.76. The van der Waals surface area contributed by atoms with Gasteiger partial charge in [0.25, 0.3) is 0 Å². The molecule has 2 unspecified atom stereocenters. The number of amides is 2. The number of hydrogen-bond acceptors (Lipinski definition) is 4. The quantitative estimate of drug-likeness (QED) is 0.512. The highest BCUT2D eigenvalue weighted by atomic mass is 16.5. The lowest BCUT2D eigenvalue weighted by molar-refractivity contribution is -0.148. The Labute approximate surface area is 195 Å². The maximum absolute atomic E-state index is 13.2. The van der Waals surface area contributed by atoms with Crippen molar-refractivity contribution in [1.82, 2.24) is 5.32 Å². The number of carbonyl (C=O) groups is 2. The highest BCUT2D eigenvalue weighted by molar-refractivity contribution is 6.09. The fourth-order valence-electron chi connectivity index (χ4n) is 4.74. The van der Waals surface area contributed by atoms with Crippen LogP contribution in [0.4, 0.5) is 10.5 Å². The Bertz CT molecular complexity index is 966. The standard InChI is InChI=1S/C27H33N3O3/c1-2-23-24(26(31)33-18-20-11-7-4-8-12-20)25(30-27(32)29-23)21-13-15-22(16-14-21)28-17-19-9-5-3-6-10-19/h3,5-6,9-10,13-16,20,24-25,28H,2,4,7-8,11-12,17-18H2,1H3,(H,30,32). The minimum Gasteiger partial charge on any atom is -0.465 e.